The zero-order valence-electron chi connectivity index (χ0n) is 13.6. The van der Waals surface area contributed by atoms with Gasteiger partial charge in [-0.15, -0.1) is 4.99 Å². The number of unbranched alkanes of at least 4 members (excludes halogenated alkanes) is 5. The summed E-state index contributed by atoms with van der Waals surface area (Å²) in [5.41, 5.74) is 2.03. The molecule has 1 unspecified atom stereocenters. The van der Waals surface area contributed by atoms with Crippen LogP contribution in [-0.4, -0.2) is 34.2 Å². The van der Waals surface area contributed by atoms with Gasteiger partial charge in [0.25, 0.3) is 0 Å². The molecule has 0 fully saturated rings. The van der Waals surface area contributed by atoms with Crippen molar-refractivity contribution in [2.24, 2.45) is 0 Å². The maximum atomic E-state index is 11.4. The highest BCUT2D eigenvalue weighted by Crippen LogP contribution is 2.08. The summed E-state index contributed by atoms with van der Waals surface area (Å²) in [6, 6.07) is 0. The van der Waals surface area contributed by atoms with E-state index in [2.05, 4.69) is 16.8 Å². The van der Waals surface area contributed by atoms with Crippen molar-refractivity contribution >= 4 is 17.8 Å². The molecule has 1 atom stereocenters. The fourth-order valence-corrected chi connectivity index (χ4v) is 1.90. The first kappa shape index (κ1) is 21.3. The lowest BCUT2D eigenvalue weighted by Gasteiger charge is -2.11. The summed E-state index contributed by atoms with van der Waals surface area (Å²) in [7, 11) is 0. The van der Waals surface area contributed by atoms with E-state index in [1.807, 2.05) is 5.48 Å². The first-order valence-corrected chi connectivity index (χ1v) is 8.03. The van der Waals surface area contributed by atoms with Crippen LogP contribution in [0, 0.1) is 0 Å². The van der Waals surface area contributed by atoms with Crippen LogP contribution in [0.1, 0.15) is 71.1 Å². The van der Waals surface area contributed by atoms with E-state index >= 15 is 0 Å². The maximum absolute atomic E-state index is 11.4. The summed E-state index contributed by atoms with van der Waals surface area (Å²) in [5.74, 6) is -2.67. The minimum absolute atomic E-state index is 0.0189. The van der Waals surface area contributed by atoms with Crippen LogP contribution in [0.2, 0.25) is 0 Å². The van der Waals surface area contributed by atoms with Crippen LogP contribution in [0.15, 0.2) is 0 Å². The molecule has 0 radical (unpaired) electrons. The number of carbonyl (C=O) groups excluding carboxylic acids is 1. The van der Waals surface area contributed by atoms with E-state index in [4.69, 9.17) is 10.2 Å². The van der Waals surface area contributed by atoms with Crippen molar-refractivity contribution in [1.29, 1.82) is 0 Å². The molecule has 134 valence electrons. The van der Waals surface area contributed by atoms with Crippen molar-refractivity contribution in [3.63, 3.8) is 0 Å². The highest BCUT2D eigenvalue weighted by Gasteiger charge is 2.20. The van der Waals surface area contributed by atoms with E-state index in [0.717, 1.165) is 25.7 Å². The Kier molecular flexibility index (Phi) is 12.9. The number of amides is 1. The number of aliphatic carboxylic acids is 2. The number of rotatable bonds is 15. The van der Waals surface area contributed by atoms with Gasteiger partial charge in [0, 0.05) is 12.8 Å². The highest BCUT2D eigenvalue weighted by molar-refractivity contribution is 5.74. The Bertz CT molecular complexity index is 360. The topological polar surface area (TPSA) is 122 Å². The van der Waals surface area contributed by atoms with E-state index in [9.17, 15) is 14.4 Å². The molecule has 0 aliphatic heterocycles. The SMILES string of the molecule is CCCCCCCCC(=O)NOOC(CCCC(=O)O)C(=O)O. The van der Waals surface area contributed by atoms with Gasteiger partial charge in [0.05, 0.1) is 0 Å². The van der Waals surface area contributed by atoms with E-state index in [0.29, 0.717) is 0 Å². The van der Waals surface area contributed by atoms with Gasteiger partial charge in [0.1, 0.15) is 0 Å². The summed E-state index contributed by atoms with van der Waals surface area (Å²) in [6.07, 6.45) is 5.24. The van der Waals surface area contributed by atoms with Gasteiger partial charge < -0.3 is 10.2 Å². The summed E-state index contributed by atoms with van der Waals surface area (Å²) >= 11 is 0. The van der Waals surface area contributed by atoms with Crippen LogP contribution < -0.4 is 5.48 Å². The third-order valence-corrected chi connectivity index (χ3v) is 3.21. The third-order valence-electron chi connectivity index (χ3n) is 3.21. The van der Waals surface area contributed by atoms with Crippen LogP contribution in [0.3, 0.4) is 0 Å². The minimum Gasteiger partial charge on any atom is -0.481 e. The molecule has 0 heterocycles. The average Bonchev–Trinajstić information content (AvgIpc) is 2.48. The largest absolute Gasteiger partial charge is 0.481 e. The van der Waals surface area contributed by atoms with Crippen molar-refractivity contribution < 1.29 is 34.5 Å². The molecule has 8 heteroatoms. The van der Waals surface area contributed by atoms with E-state index in [1.54, 1.807) is 0 Å². The molecule has 0 bridgehead atoms. The molecule has 0 aromatic heterocycles. The Morgan fingerprint density at radius 2 is 1.61 bits per heavy atom. The Balaban J connectivity index is 3.72. The van der Waals surface area contributed by atoms with E-state index in [-0.39, 0.29) is 31.6 Å². The van der Waals surface area contributed by atoms with Gasteiger partial charge in [-0.25, -0.2) is 10.3 Å². The Labute approximate surface area is 136 Å². The van der Waals surface area contributed by atoms with Crippen molar-refractivity contribution in [1.82, 2.24) is 5.48 Å². The Hall–Kier alpha value is -1.67. The second kappa shape index (κ2) is 14.0. The molecule has 0 saturated heterocycles. The smallest absolute Gasteiger partial charge is 0.336 e. The van der Waals surface area contributed by atoms with Gasteiger partial charge in [-0.1, -0.05) is 39.0 Å². The molecule has 3 N–H and O–H groups in total. The zero-order chi connectivity index (χ0) is 17.5. The summed E-state index contributed by atoms with van der Waals surface area (Å²) in [6.45, 7) is 2.14. The standard InChI is InChI=1S/C15H27NO7/c1-2-3-4-5-6-7-10-13(17)16-23-22-12(15(20)21)9-8-11-14(18)19/h12H,2-11H2,1H3,(H,16,17)(H,18,19)(H,20,21). The summed E-state index contributed by atoms with van der Waals surface area (Å²) < 4.78 is 0. The normalized spacial score (nSPS) is 11.9. The van der Waals surface area contributed by atoms with Crippen LogP contribution in [0.25, 0.3) is 0 Å². The fraction of sp³-hybridized carbons (Fsp3) is 0.800. The summed E-state index contributed by atoms with van der Waals surface area (Å²) in [5, 5.41) is 17.4. The van der Waals surface area contributed by atoms with Crippen molar-refractivity contribution in [2.75, 3.05) is 0 Å². The highest BCUT2D eigenvalue weighted by atomic mass is 17.3. The molecule has 0 saturated carbocycles. The second-order valence-corrected chi connectivity index (χ2v) is 5.34. The first-order chi connectivity index (χ1) is 11.0. The molecular formula is C15H27NO7. The van der Waals surface area contributed by atoms with Crippen molar-refractivity contribution in [2.45, 2.75) is 77.2 Å². The van der Waals surface area contributed by atoms with Gasteiger partial charge in [0.2, 0.25) is 5.91 Å². The van der Waals surface area contributed by atoms with E-state index in [1.165, 1.54) is 12.8 Å². The van der Waals surface area contributed by atoms with Crippen LogP contribution in [-0.2, 0) is 24.3 Å². The zero-order valence-corrected chi connectivity index (χ0v) is 13.6. The second-order valence-electron chi connectivity index (χ2n) is 5.34. The molecule has 0 aliphatic carbocycles. The molecule has 0 spiro atoms. The van der Waals surface area contributed by atoms with Gasteiger partial charge >= 0.3 is 11.9 Å². The number of hydrogen-bond donors (Lipinski definition) is 3. The predicted octanol–water partition coefficient (Wildman–Crippen LogP) is 2.42. The lowest BCUT2D eigenvalue weighted by molar-refractivity contribution is -0.350. The molecule has 8 nitrogen and oxygen atoms in total. The predicted molar refractivity (Wildman–Crippen MR) is 81.2 cm³/mol. The number of hydrogen-bond acceptors (Lipinski definition) is 5. The lowest BCUT2D eigenvalue weighted by Crippen LogP contribution is -2.30. The lowest BCUT2D eigenvalue weighted by atomic mass is 10.1. The molecule has 23 heavy (non-hydrogen) atoms. The molecule has 1 amide bonds. The van der Waals surface area contributed by atoms with E-state index < -0.39 is 18.0 Å². The van der Waals surface area contributed by atoms with Crippen molar-refractivity contribution in [3.05, 3.63) is 0 Å². The maximum Gasteiger partial charge on any atom is 0.336 e. The first-order valence-electron chi connectivity index (χ1n) is 8.03. The molecular weight excluding hydrogens is 306 g/mol. The number of hydroxylamine groups is 1. The average molecular weight is 333 g/mol. The molecule has 0 aromatic rings. The number of nitrogens with one attached hydrogen (secondary N) is 1. The molecule has 0 aliphatic rings. The fourth-order valence-electron chi connectivity index (χ4n) is 1.90. The quantitative estimate of drug-likeness (QED) is 0.239. The molecule has 0 rings (SSSR count). The number of carboxylic acids is 2. The number of carbonyl (C=O) groups is 3. The van der Waals surface area contributed by atoms with Crippen LogP contribution in [0.4, 0.5) is 0 Å². The van der Waals surface area contributed by atoms with Crippen LogP contribution in [0.5, 0.6) is 0 Å². The van der Waals surface area contributed by atoms with Gasteiger partial charge in [-0.2, -0.15) is 4.89 Å². The van der Waals surface area contributed by atoms with Crippen LogP contribution >= 0.6 is 0 Å². The monoisotopic (exact) mass is 333 g/mol. The number of carboxylic acid groups (broad SMARTS) is 2. The van der Waals surface area contributed by atoms with Gasteiger partial charge in [-0.3, -0.25) is 9.59 Å². The van der Waals surface area contributed by atoms with Gasteiger partial charge in [-0.05, 0) is 19.3 Å². The molecule has 0 aromatic carbocycles. The van der Waals surface area contributed by atoms with Crippen molar-refractivity contribution in [3.8, 4) is 0 Å². The Morgan fingerprint density at radius 1 is 0.957 bits per heavy atom. The minimum atomic E-state index is -1.32. The summed E-state index contributed by atoms with van der Waals surface area (Å²) in [4.78, 5) is 41.7. The Morgan fingerprint density at radius 3 is 2.22 bits per heavy atom. The van der Waals surface area contributed by atoms with Gasteiger partial charge in [0.15, 0.2) is 6.10 Å². The third kappa shape index (κ3) is 13.7.